The number of nitrogens with zero attached hydrogens (tertiary/aromatic N) is 1. The zero-order valence-electron chi connectivity index (χ0n) is 12.3. The number of nitrogens with one attached hydrogen (secondary N) is 1. The second-order valence-corrected chi connectivity index (χ2v) is 5.44. The number of Topliss-reactive ketones (excluding diaryl/α,β-unsaturated/α-hetero) is 1. The highest BCUT2D eigenvalue weighted by Gasteiger charge is 2.27. The van der Waals surface area contributed by atoms with Gasteiger partial charge in [0.25, 0.3) is 5.91 Å². The third-order valence-corrected chi connectivity index (χ3v) is 3.35. The van der Waals surface area contributed by atoms with Crippen molar-refractivity contribution in [3.8, 4) is 0 Å². The molecule has 0 aliphatic heterocycles. The zero-order valence-corrected chi connectivity index (χ0v) is 13.1. The van der Waals surface area contributed by atoms with Gasteiger partial charge in [0.1, 0.15) is 0 Å². The molecule has 2 amide bonds. The van der Waals surface area contributed by atoms with Crippen molar-refractivity contribution in [1.29, 1.82) is 0 Å². The van der Waals surface area contributed by atoms with Crippen LogP contribution in [0.15, 0.2) is 24.3 Å². The van der Waals surface area contributed by atoms with Crippen LogP contribution in [0.3, 0.4) is 0 Å². The van der Waals surface area contributed by atoms with Crippen molar-refractivity contribution in [3.05, 3.63) is 34.9 Å². The summed E-state index contributed by atoms with van der Waals surface area (Å²) in [4.78, 5) is 36.1. The zero-order chi connectivity index (χ0) is 16.0. The first-order chi connectivity index (χ1) is 9.86. The minimum absolute atomic E-state index is 0.151. The van der Waals surface area contributed by atoms with Gasteiger partial charge in [-0.3, -0.25) is 14.4 Å². The molecule has 0 aliphatic rings. The summed E-state index contributed by atoms with van der Waals surface area (Å²) >= 11 is 5.84. The predicted molar refractivity (Wildman–Crippen MR) is 80.8 cm³/mol. The first-order valence-electron chi connectivity index (χ1n) is 6.66. The monoisotopic (exact) mass is 310 g/mol. The van der Waals surface area contributed by atoms with Gasteiger partial charge in [-0.1, -0.05) is 23.7 Å². The lowest BCUT2D eigenvalue weighted by Crippen LogP contribution is -2.47. The summed E-state index contributed by atoms with van der Waals surface area (Å²) in [6.45, 7) is 5.31. The molecule has 0 bridgehead atoms. The van der Waals surface area contributed by atoms with Crippen LogP contribution in [0.25, 0.3) is 0 Å². The first-order valence-corrected chi connectivity index (χ1v) is 7.03. The van der Waals surface area contributed by atoms with Gasteiger partial charge in [0.15, 0.2) is 0 Å². The third-order valence-electron chi connectivity index (χ3n) is 3.11. The van der Waals surface area contributed by atoms with Gasteiger partial charge in [-0.15, -0.1) is 0 Å². The topological polar surface area (TPSA) is 66.5 Å². The Hall–Kier alpha value is -1.88. The van der Waals surface area contributed by atoms with E-state index in [2.05, 4.69) is 5.32 Å². The van der Waals surface area contributed by atoms with Gasteiger partial charge in [-0.25, -0.2) is 0 Å². The SMILES string of the molecule is CC(C)N(C=O)C(C)C(=O)C(=O)NCc1cccc(Cl)c1. The van der Waals surface area contributed by atoms with E-state index in [-0.39, 0.29) is 12.6 Å². The second kappa shape index (κ2) is 7.78. The van der Waals surface area contributed by atoms with Crippen LogP contribution in [0.2, 0.25) is 5.02 Å². The number of hydrogen-bond donors (Lipinski definition) is 1. The Morgan fingerprint density at radius 2 is 2.00 bits per heavy atom. The standard InChI is InChI=1S/C15H19ClN2O3/c1-10(2)18(9-19)11(3)14(20)15(21)17-8-12-5-4-6-13(16)7-12/h4-7,9-11H,8H2,1-3H3,(H,17,21). The van der Waals surface area contributed by atoms with Crippen LogP contribution in [0.5, 0.6) is 0 Å². The van der Waals surface area contributed by atoms with E-state index in [1.54, 1.807) is 38.1 Å². The van der Waals surface area contributed by atoms with Gasteiger partial charge < -0.3 is 10.2 Å². The van der Waals surface area contributed by atoms with E-state index >= 15 is 0 Å². The molecule has 1 unspecified atom stereocenters. The summed E-state index contributed by atoms with van der Waals surface area (Å²) in [6.07, 6.45) is 0.581. The Balaban J connectivity index is 2.62. The summed E-state index contributed by atoms with van der Waals surface area (Å²) in [5.74, 6) is -1.35. The summed E-state index contributed by atoms with van der Waals surface area (Å²) in [5.41, 5.74) is 0.799. The number of hydrogen-bond acceptors (Lipinski definition) is 3. The lowest BCUT2D eigenvalue weighted by Gasteiger charge is -2.27. The number of carbonyl (C=O) groups is 3. The summed E-state index contributed by atoms with van der Waals surface area (Å²) in [5, 5.41) is 3.10. The minimum Gasteiger partial charge on any atom is -0.345 e. The van der Waals surface area contributed by atoms with Crippen molar-refractivity contribution in [1.82, 2.24) is 10.2 Å². The fourth-order valence-corrected chi connectivity index (χ4v) is 2.11. The van der Waals surface area contributed by atoms with E-state index in [0.717, 1.165) is 5.56 Å². The van der Waals surface area contributed by atoms with Crippen molar-refractivity contribution < 1.29 is 14.4 Å². The highest BCUT2D eigenvalue weighted by molar-refractivity contribution is 6.38. The normalized spacial score (nSPS) is 11.9. The molecule has 0 heterocycles. The molecule has 6 heteroatoms. The number of benzene rings is 1. The fourth-order valence-electron chi connectivity index (χ4n) is 1.90. The second-order valence-electron chi connectivity index (χ2n) is 5.00. The molecule has 0 radical (unpaired) electrons. The molecule has 0 saturated carbocycles. The molecule has 0 spiro atoms. The van der Waals surface area contributed by atoms with Gasteiger partial charge in [0.2, 0.25) is 12.2 Å². The molecule has 114 valence electrons. The average Bonchev–Trinajstić information content (AvgIpc) is 2.44. The minimum atomic E-state index is -0.790. The molecule has 1 atom stereocenters. The van der Waals surface area contributed by atoms with Gasteiger partial charge >= 0.3 is 0 Å². The Morgan fingerprint density at radius 1 is 1.33 bits per heavy atom. The Labute approximate surface area is 129 Å². The Kier molecular flexibility index (Phi) is 6.37. The molecular formula is C15H19ClN2O3. The van der Waals surface area contributed by atoms with Gasteiger partial charge in [-0.2, -0.15) is 0 Å². The molecular weight excluding hydrogens is 292 g/mol. The molecule has 0 fully saturated rings. The van der Waals surface area contributed by atoms with Crippen LogP contribution in [-0.4, -0.2) is 35.1 Å². The number of ketones is 1. The van der Waals surface area contributed by atoms with Crippen molar-refractivity contribution >= 4 is 29.7 Å². The van der Waals surface area contributed by atoms with E-state index in [4.69, 9.17) is 11.6 Å². The molecule has 5 nitrogen and oxygen atoms in total. The van der Waals surface area contributed by atoms with Crippen LogP contribution >= 0.6 is 11.6 Å². The van der Waals surface area contributed by atoms with E-state index < -0.39 is 17.7 Å². The molecule has 21 heavy (non-hydrogen) atoms. The molecule has 0 aliphatic carbocycles. The Morgan fingerprint density at radius 3 is 2.52 bits per heavy atom. The molecule has 1 aromatic rings. The molecule has 1 aromatic carbocycles. The number of carbonyl (C=O) groups excluding carboxylic acids is 3. The van der Waals surface area contributed by atoms with Crippen molar-refractivity contribution in [3.63, 3.8) is 0 Å². The summed E-state index contributed by atoms with van der Waals surface area (Å²) in [7, 11) is 0. The summed E-state index contributed by atoms with van der Waals surface area (Å²) < 4.78 is 0. The quantitative estimate of drug-likeness (QED) is 0.616. The maximum Gasteiger partial charge on any atom is 0.289 e. The molecule has 1 N–H and O–H groups in total. The van der Waals surface area contributed by atoms with Crippen LogP contribution in [0.4, 0.5) is 0 Å². The van der Waals surface area contributed by atoms with E-state index in [0.29, 0.717) is 11.4 Å². The molecule has 0 saturated heterocycles. The van der Waals surface area contributed by atoms with Crippen molar-refractivity contribution in [2.24, 2.45) is 0 Å². The van der Waals surface area contributed by atoms with E-state index in [9.17, 15) is 14.4 Å². The van der Waals surface area contributed by atoms with E-state index in [1.807, 2.05) is 0 Å². The fraction of sp³-hybridized carbons (Fsp3) is 0.400. The summed E-state index contributed by atoms with van der Waals surface area (Å²) in [6, 6.07) is 6.06. The van der Waals surface area contributed by atoms with Gasteiger partial charge in [-0.05, 0) is 38.5 Å². The van der Waals surface area contributed by atoms with Gasteiger partial charge in [0.05, 0.1) is 6.04 Å². The highest BCUT2D eigenvalue weighted by atomic mass is 35.5. The maximum atomic E-state index is 12.0. The largest absolute Gasteiger partial charge is 0.345 e. The van der Waals surface area contributed by atoms with Crippen LogP contribution in [0, 0.1) is 0 Å². The Bertz CT molecular complexity index is 531. The number of amides is 2. The first kappa shape index (κ1) is 17.2. The van der Waals surface area contributed by atoms with Crippen LogP contribution in [-0.2, 0) is 20.9 Å². The third kappa shape index (κ3) is 4.86. The smallest absolute Gasteiger partial charge is 0.289 e. The number of rotatable bonds is 7. The van der Waals surface area contributed by atoms with Gasteiger partial charge in [0, 0.05) is 17.6 Å². The van der Waals surface area contributed by atoms with Crippen LogP contribution < -0.4 is 5.32 Å². The van der Waals surface area contributed by atoms with E-state index in [1.165, 1.54) is 11.8 Å². The number of halogens is 1. The lowest BCUT2D eigenvalue weighted by molar-refractivity contribution is -0.143. The molecule has 0 aromatic heterocycles. The lowest BCUT2D eigenvalue weighted by atomic mass is 10.1. The van der Waals surface area contributed by atoms with Crippen molar-refractivity contribution in [2.45, 2.75) is 39.4 Å². The maximum absolute atomic E-state index is 12.0. The van der Waals surface area contributed by atoms with Crippen molar-refractivity contribution in [2.75, 3.05) is 0 Å². The molecule has 1 rings (SSSR count). The average molecular weight is 311 g/mol. The predicted octanol–water partition coefficient (Wildman–Crippen LogP) is 1.78. The highest BCUT2D eigenvalue weighted by Crippen LogP contribution is 2.10. The van der Waals surface area contributed by atoms with Crippen LogP contribution in [0.1, 0.15) is 26.3 Å².